The molecule has 1 fully saturated rings. The molecule has 4 heteroatoms. The average Bonchev–Trinajstić information content (AvgIpc) is 2.88. The second-order valence-electron chi connectivity index (χ2n) is 4.68. The van der Waals surface area contributed by atoms with Gasteiger partial charge in [0.05, 0.1) is 11.9 Å². The molecule has 0 aliphatic heterocycles. The van der Waals surface area contributed by atoms with Crippen molar-refractivity contribution < 1.29 is 4.79 Å². The maximum Gasteiger partial charge on any atom is 0.227 e. The van der Waals surface area contributed by atoms with Crippen molar-refractivity contribution in [1.82, 2.24) is 9.78 Å². The molecule has 1 saturated carbocycles. The van der Waals surface area contributed by atoms with Gasteiger partial charge in [-0.1, -0.05) is 12.8 Å². The van der Waals surface area contributed by atoms with Gasteiger partial charge in [-0.15, -0.1) is 0 Å². The van der Waals surface area contributed by atoms with Gasteiger partial charge >= 0.3 is 0 Å². The summed E-state index contributed by atoms with van der Waals surface area (Å²) in [6.45, 7) is 0. The number of hydrogen-bond acceptors (Lipinski definition) is 2. The van der Waals surface area contributed by atoms with Crippen LogP contribution in [0.3, 0.4) is 0 Å². The molecule has 0 spiro atoms. The summed E-state index contributed by atoms with van der Waals surface area (Å²) in [6.07, 6.45) is 9.28. The van der Waals surface area contributed by atoms with E-state index in [0.29, 0.717) is 12.3 Å². The number of aryl methyl sites for hydroxylation is 1. The topological polar surface area (TPSA) is 38.1 Å². The zero-order valence-electron chi connectivity index (χ0n) is 10.0. The van der Waals surface area contributed by atoms with Crippen molar-refractivity contribution in [2.24, 2.45) is 13.0 Å². The maximum atomic E-state index is 12.0. The second-order valence-corrected chi connectivity index (χ2v) is 4.68. The summed E-state index contributed by atoms with van der Waals surface area (Å²) in [5.74, 6) is 0.812. The molecular weight excluding hydrogens is 202 g/mol. The van der Waals surface area contributed by atoms with Gasteiger partial charge in [-0.3, -0.25) is 9.48 Å². The Morgan fingerprint density at radius 2 is 2.25 bits per heavy atom. The van der Waals surface area contributed by atoms with Gasteiger partial charge < -0.3 is 4.90 Å². The highest BCUT2D eigenvalue weighted by Crippen LogP contribution is 2.28. The van der Waals surface area contributed by atoms with Crippen molar-refractivity contribution in [2.75, 3.05) is 11.9 Å². The molecular formula is C12H19N3O. The first-order chi connectivity index (χ1) is 7.66. The largest absolute Gasteiger partial charge is 0.313 e. The third-order valence-electron chi connectivity index (χ3n) is 3.39. The fraction of sp³-hybridized carbons (Fsp3) is 0.667. The van der Waals surface area contributed by atoms with E-state index in [2.05, 4.69) is 5.10 Å². The predicted octanol–water partition coefficient (Wildman–Crippen LogP) is 1.96. The highest BCUT2D eigenvalue weighted by Gasteiger charge is 2.21. The number of nitrogens with zero attached hydrogens (tertiary/aromatic N) is 3. The van der Waals surface area contributed by atoms with Crippen LogP contribution < -0.4 is 4.90 Å². The fourth-order valence-electron chi connectivity index (χ4n) is 2.32. The SMILES string of the molecule is CN(C(=O)CC1CCCC1)c1cnn(C)c1. The number of anilines is 1. The van der Waals surface area contributed by atoms with E-state index < -0.39 is 0 Å². The Morgan fingerprint density at radius 1 is 1.56 bits per heavy atom. The highest BCUT2D eigenvalue weighted by molar-refractivity contribution is 5.92. The standard InChI is InChI=1S/C12H19N3O/c1-14-9-11(8-13-14)15(2)12(16)7-10-5-3-4-6-10/h8-10H,3-7H2,1-2H3. The van der Waals surface area contributed by atoms with Crippen LogP contribution in [0.1, 0.15) is 32.1 Å². The van der Waals surface area contributed by atoms with Gasteiger partial charge in [0, 0.05) is 26.7 Å². The summed E-state index contributed by atoms with van der Waals surface area (Å²) in [6, 6.07) is 0. The van der Waals surface area contributed by atoms with Crippen molar-refractivity contribution in [3.05, 3.63) is 12.4 Å². The van der Waals surface area contributed by atoms with Crippen LogP contribution in [0.4, 0.5) is 5.69 Å². The minimum atomic E-state index is 0.208. The molecule has 1 aromatic heterocycles. The van der Waals surface area contributed by atoms with E-state index >= 15 is 0 Å². The first-order valence-corrected chi connectivity index (χ1v) is 5.92. The lowest BCUT2D eigenvalue weighted by atomic mass is 10.0. The van der Waals surface area contributed by atoms with Gasteiger partial charge in [0.15, 0.2) is 0 Å². The lowest BCUT2D eigenvalue weighted by Crippen LogP contribution is -2.27. The number of carbonyl (C=O) groups is 1. The van der Waals surface area contributed by atoms with Crippen molar-refractivity contribution >= 4 is 11.6 Å². The van der Waals surface area contributed by atoms with Gasteiger partial charge in [-0.05, 0) is 18.8 Å². The molecule has 0 aromatic carbocycles. The lowest BCUT2D eigenvalue weighted by molar-refractivity contribution is -0.119. The van der Waals surface area contributed by atoms with Crippen molar-refractivity contribution in [3.8, 4) is 0 Å². The third-order valence-corrected chi connectivity index (χ3v) is 3.39. The Morgan fingerprint density at radius 3 is 2.81 bits per heavy atom. The molecule has 1 aromatic rings. The fourth-order valence-corrected chi connectivity index (χ4v) is 2.32. The first kappa shape index (κ1) is 11.2. The van der Waals surface area contributed by atoms with E-state index in [9.17, 15) is 4.79 Å². The molecule has 4 nitrogen and oxygen atoms in total. The number of rotatable bonds is 3. The number of carbonyl (C=O) groups excluding carboxylic acids is 1. The Kier molecular flexibility index (Phi) is 3.27. The van der Waals surface area contributed by atoms with Gasteiger partial charge in [0.25, 0.3) is 0 Å². The normalized spacial score (nSPS) is 16.6. The monoisotopic (exact) mass is 221 g/mol. The molecule has 88 valence electrons. The predicted molar refractivity (Wildman–Crippen MR) is 63.2 cm³/mol. The van der Waals surface area contributed by atoms with Gasteiger partial charge in [-0.25, -0.2) is 0 Å². The van der Waals surface area contributed by atoms with E-state index in [4.69, 9.17) is 0 Å². The summed E-state index contributed by atoms with van der Waals surface area (Å²) in [4.78, 5) is 13.7. The van der Waals surface area contributed by atoms with Crippen LogP contribution >= 0.6 is 0 Å². The van der Waals surface area contributed by atoms with Crippen molar-refractivity contribution in [2.45, 2.75) is 32.1 Å². The van der Waals surface area contributed by atoms with Gasteiger partial charge in [0.2, 0.25) is 5.91 Å². The summed E-state index contributed by atoms with van der Waals surface area (Å²) < 4.78 is 1.72. The molecule has 0 bridgehead atoms. The molecule has 0 N–H and O–H groups in total. The number of hydrogen-bond donors (Lipinski definition) is 0. The second kappa shape index (κ2) is 4.68. The van der Waals surface area contributed by atoms with Crippen molar-refractivity contribution in [3.63, 3.8) is 0 Å². The Bertz CT molecular complexity index is 366. The zero-order valence-corrected chi connectivity index (χ0v) is 10.0. The molecule has 0 atom stereocenters. The van der Waals surface area contributed by atoms with Crippen LogP contribution in [0.25, 0.3) is 0 Å². The molecule has 2 rings (SSSR count). The molecule has 0 saturated heterocycles. The van der Waals surface area contributed by atoms with Crippen LogP contribution in [0.15, 0.2) is 12.4 Å². The Balaban J connectivity index is 1.93. The zero-order chi connectivity index (χ0) is 11.5. The van der Waals surface area contributed by atoms with Gasteiger partial charge in [-0.2, -0.15) is 5.10 Å². The maximum absolute atomic E-state index is 12.0. The molecule has 1 aliphatic rings. The number of amides is 1. The van der Waals surface area contributed by atoms with E-state index in [0.717, 1.165) is 5.69 Å². The molecule has 0 radical (unpaired) electrons. The highest BCUT2D eigenvalue weighted by atomic mass is 16.2. The summed E-state index contributed by atoms with van der Waals surface area (Å²) in [5, 5.41) is 4.07. The quantitative estimate of drug-likeness (QED) is 0.782. The van der Waals surface area contributed by atoms with E-state index in [1.165, 1.54) is 25.7 Å². The molecule has 1 amide bonds. The minimum Gasteiger partial charge on any atom is -0.313 e. The summed E-state index contributed by atoms with van der Waals surface area (Å²) in [5.41, 5.74) is 0.880. The average molecular weight is 221 g/mol. The van der Waals surface area contributed by atoms with Crippen LogP contribution in [0, 0.1) is 5.92 Å². The van der Waals surface area contributed by atoms with E-state index in [-0.39, 0.29) is 5.91 Å². The summed E-state index contributed by atoms with van der Waals surface area (Å²) in [7, 11) is 3.69. The van der Waals surface area contributed by atoms with Crippen molar-refractivity contribution in [1.29, 1.82) is 0 Å². The number of aromatic nitrogens is 2. The molecule has 0 unspecified atom stereocenters. The third kappa shape index (κ3) is 2.43. The van der Waals surface area contributed by atoms with Gasteiger partial charge in [0.1, 0.15) is 0 Å². The molecule has 1 heterocycles. The van der Waals surface area contributed by atoms with E-state index in [1.54, 1.807) is 15.8 Å². The van der Waals surface area contributed by atoms with Crippen LogP contribution in [0.2, 0.25) is 0 Å². The lowest BCUT2D eigenvalue weighted by Gasteiger charge is -2.17. The smallest absolute Gasteiger partial charge is 0.227 e. The summed E-state index contributed by atoms with van der Waals surface area (Å²) >= 11 is 0. The Labute approximate surface area is 96.2 Å². The van der Waals surface area contributed by atoms with Crippen LogP contribution in [-0.2, 0) is 11.8 Å². The minimum absolute atomic E-state index is 0.208. The molecule has 16 heavy (non-hydrogen) atoms. The van der Waals surface area contributed by atoms with Crippen LogP contribution in [-0.4, -0.2) is 22.7 Å². The van der Waals surface area contributed by atoms with E-state index in [1.807, 2.05) is 20.3 Å². The Hall–Kier alpha value is -1.32. The molecule has 1 aliphatic carbocycles. The first-order valence-electron chi connectivity index (χ1n) is 5.92. The van der Waals surface area contributed by atoms with Crippen LogP contribution in [0.5, 0.6) is 0 Å².